The minimum atomic E-state index is -0.570. The van der Waals surface area contributed by atoms with E-state index in [9.17, 15) is 9.59 Å². The summed E-state index contributed by atoms with van der Waals surface area (Å²) in [6, 6.07) is 14.3. The van der Waals surface area contributed by atoms with Crippen LogP contribution in [0.25, 0.3) is 6.08 Å². The maximum absolute atomic E-state index is 13.1. The Bertz CT molecular complexity index is 1090. The molecule has 1 aliphatic heterocycles. The van der Waals surface area contributed by atoms with Crippen LogP contribution < -0.4 is 19.7 Å². The van der Waals surface area contributed by atoms with Crippen molar-refractivity contribution in [2.45, 2.75) is 20.3 Å². The second-order valence-electron chi connectivity index (χ2n) is 6.56. The second-order valence-corrected chi connectivity index (χ2v) is 6.95. The number of amides is 2. The van der Waals surface area contributed by atoms with Crippen LogP contribution in [0.1, 0.15) is 25.0 Å². The van der Waals surface area contributed by atoms with Gasteiger partial charge in [-0.1, -0.05) is 25.1 Å². The Morgan fingerprint density at radius 1 is 1.10 bits per heavy atom. The second kappa shape index (κ2) is 9.87. The van der Waals surface area contributed by atoms with Crippen LogP contribution in [0.4, 0.5) is 5.69 Å². The van der Waals surface area contributed by atoms with E-state index in [0.29, 0.717) is 29.4 Å². The lowest BCUT2D eigenvalue weighted by Crippen LogP contribution is -2.54. The molecule has 0 atom stereocenters. The lowest BCUT2D eigenvalue weighted by molar-refractivity contribution is -0.122. The summed E-state index contributed by atoms with van der Waals surface area (Å²) in [7, 11) is 0. The summed E-state index contributed by atoms with van der Waals surface area (Å²) in [6.45, 7) is 4.13. The van der Waals surface area contributed by atoms with Crippen molar-refractivity contribution >= 4 is 40.9 Å². The summed E-state index contributed by atoms with van der Waals surface area (Å²) in [5.41, 5.74) is 2.22. The molecule has 0 unspecified atom stereocenters. The number of ether oxygens (including phenoxy) is 2. The number of nitriles is 1. The molecule has 1 heterocycles. The minimum absolute atomic E-state index is 0.0339. The highest BCUT2D eigenvalue weighted by Gasteiger charge is 2.34. The van der Waals surface area contributed by atoms with Gasteiger partial charge in [0, 0.05) is 0 Å². The van der Waals surface area contributed by atoms with Crippen LogP contribution in [-0.4, -0.2) is 30.1 Å². The molecule has 7 nitrogen and oxygen atoms in total. The van der Waals surface area contributed by atoms with Crippen LogP contribution in [0.3, 0.4) is 0 Å². The van der Waals surface area contributed by atoms with E-state index in [1.54, 1.807) is 30.3 Å². The van der Waals surface area contributed by atoms with Crippen LogP contribution in [0.2, 0.25) is 0 Å². The number of aryl methyl sites for hydroxylation is 1. The van der Waals surface area contributed by atoms with Crippen LogP contribution in [0, 0.1) is 11.3 Å². The van der Waals surface area contributed by atoms with Crippen LogP contribution in [-0.2, 0) is 16.0 Å². The number of hydrogen-bond acceptors (Lipinski definition) is 6. The van der Waals surface area contributed by atoms with E-state index in [1.807, 2.05) is 32.0 Å². The number of thiocarbonyl (C=S) groups is 1. The number of rotatable bonds is 7. The highest BCUT2D eigenvalue weighted by Crippen LogP contribution is 2.30. The fourth-order valence-corrected chi connectivity index (χ4v) is 3.33. The van der Waals surface area contributed by atoms with Crippen molar-refractivity contribution < 1.29 is 19.1 Å². The minimum Gasteiger partial charge on any atom is -0.490 e. The quantitative estimate of drug-likeness (QED) is 0.407. The highest BCUT2D eigenvalue weighted by atomic mass is 32.1. The lowest BCUT2D eigenvalue weighted by atomic mass is 10.1. The van der Waals surface area contributed by atoms with E-state index < -0.39 is 11.8 Å². The zero-order valence-corrected chi connectivity index (χ0v) is 18.0. The number of nitrogens with one attached hydrogen (secondary N) is 1. The molecule has 2 aromatic carbocycles. The molecule has 1 N–H and O–H groups in total. The maximum atomic E-state index is 13.1. The van der Waals surface area contributed by atoms with Gasteiger partial charge >= 0.3 is 0 Å². The van der Waals surface area contributed by atoms with E-state index in [4.69, 9.17) is 27.0 Å². The Morgan fingerprint density at radius 3 is 2.48 bits per heavy atom. The summed E-state index contributed by atoms with van der Waals surface area (Å²) in [6.07, 6.45) is 2.35. The van der Waals surface area contributed by atoms with Crippen molar-refractivity contribution in [2.24, 2.45) is 0 Å². The van der Waals surface area contributed by atoms with Crippen molar-refractivity contribution in [1.29, 1.82) is 5.26 Å². The number of carbonyl (C=O) groups excluding carboxylic acids is 2. The average molecular weight is 436 g/mol. The first-order valence-electron chi connectivity index (χ1n) is 9.75. The molecule has 3 rings (SSSR count). The Labute approximate surface area is 185 Å². The Morgan fingerprint density at radius 2 is 1.84 bits per heavy atom. The first-order valence-corrected chi connectivity index (χ1v) is 10.2. The van der Waals surface area contributed by atoms with E-state index in [2.05, 4.69) is 5.32 Å². The summed E-state index contributed by atoms with van der Waals surface area (Å²) in [5, 5.41) is 11.3. The average Bonchev–Trinajstić information content (AvgIpc) is 2.76. The molecule has 158 valence electrons. The smallest absolute Gasteiger partial charge is 0.270 e. The third kappa shape index (κ3) is 4.90. The van der Waals surface area contributed by atoms with Gasteiger partial charge in [0.25, 0.3) is 11.8 Å². The van der Waals surface area contributed by atoms with Gasteiger partial charge in [0.2, 0.25) is 0 Å². The van der Waals surface area contributed by atoms with Gasteiger partial charge in [-0.25, -0.2) is 0 Å². The first kappa shape index (κ1) is 22.0. The van der Waals surface area contributed by atoms with Crippen molar-refractivity contribution in [1.82, 2.24) is 5.32 Å². The Kier molecular flexibility index (Phi) is 7.00. The van der Waals surface area contributed by atoms with Gasteiger partial charge in [0.15, 0.2) is 23.2 Å². The SMILES string of the molecule is CCOc1cc(/C=C2\C(=O)NC(=S)N(c3ccc(CC)cc3)C2=O)ccc1OCC#N. The monoisotopic (exact) mass is 435 g/mol. The van der Waals surface area contributed by atoms with Crippen LogP contribution in [0.15, 0.2) is 48.0 Å². The van der Waals surface area contributed by atoms with Crippen molar-refractivity contribution in [3.63, 3.8) is 0 Å². The van der Waals surface area contributed by atoms with Gasteiger partial charge in [-0.15, -0.1) is 0 Å². The molecule has 8 heteroatoms. The molecule has 0 saturated carbocycles. The fourth-order valence-electron chi connectivity index (χ4n) is 3.05. The molecule has 0 spiro atoms. The fraction of sp³-hybridized carbons (Fsp3) is 0.217. The topological polar surface area (TPSA) is 91.7 Å². The van der Waals surface area contributed by atoms with E-state index in [-0.39, 0.29) is 17.3 Å². The molecule has 0 aliphatic carbocycles. The molecule has 0 bridgehead atoms. The standard InChI is InChI=1S/C23H21N3O4S/c1-3-15-5-8-17(9-6-15)26-22(28)18(21(27)25-23(26)31)13-16-7-10-19(30-12-11-24)20(14-16)29-4-2/h5-10,13-14H,3-4,12H2,1-2H3,(H,25,27,31)/b18-13+. The zero-order valence-electron chi connectivity index (χ0n) is 17.2. The molecule has 1 aliphatic rings. The molecule has 2 amide bonds. The molecular weight excluding hydrogens is 414 g/mol. The Balaban J connectivity index is 1.95. The number of benzene rings is 2. The first-order chi connectivity index (χ1) is 15.0. The maximum Gasteiger partial charge on any atom is 0.270 e. The molecule has 0 radical (unpaired) electrons. The molecule has 1 fully saturated rings. The molecule has 1 saturated heterocycles. The third-order valence-corrected chi connectivity index (χ3v) is 4.86. The van der Waals surface area contributed by atoms with Gasteiger partial charge in [-0.05, 0) is 67.0 Å². The van der Waals surface area contributed by atoms with Gasteiger partial charge in [0.05, 0.1) is 12.3 Å². The van der Waals surface area contributed by atoms with Crippen molar-refractivity contribution in [3.8, 4) is 17.6 Å². The molecular formula is C23H21N3O4S. The molecule has 2 aromatic rings. The van der Waals surface area contributed by atoms with Gasteiger partial charge in [-0.3, -0.25) is 19.8 Å². The van der Waals surface area contributed by atoms with Crippen LogP contribution in [0.5, 0.6) is 11.5 Å². The molecule has 31 heavy (non-hydrogen) atoms. The summed E-state index contributed by atoms with van der Waals surface area (Å²) in [4.78, 5) is 27.0. The number of anilines is 1. The third-order valence-electron chi connectivity index (χ3n) is 4.58. The van der Waals surface area contributed by atoms with Gasteiger partial charge in [0.1, 0.15) is 11.6 Å². The number of hydrogen-bond donors (Lipinski definition) is 1. The summed E-state index contributed by atoms with van der Waals surface area (Å²) >= 11 is 5.24. The van der Waals surface area contributed by atoms with E-state index in [0.717, 1.165) is 12.0 Å². The Hall–Kier alpha value is -3.70. The van der Waals surface area contributed by atoms with Crippen molar-refractivity contribution in [2.75, 3.05) is 18.1 Å². The largest absolute Gasteiger partial charge is 0.490 e. The van der Waals surface area contributed by atoms with Crippen LogP contribution >= 0.6 is 12.2 Å². The number of carbonyl (C=O) groups is 2. The highest BCUT2D eigenvalue weighted by molar-refractivity contribution is 7.80. The predicted molar refractivity (Wildman–Crippen MR) is 121 cm³/mol. The van der Waals surface area contributed by atoms with E-state index >= 15 is 0 Å². The number of nitrogens with zero attached hydrogens (tertiary/aromatic N) is 2. The van der Waals surface area contributed by atoms with E-state index in [1.165, 1.54) is 11.0 Å². The van der Waals surface area contributed by atoms with Gasteiger partial charge in [-0.2, -0.15) is 5.26 Å². The van der Waals surface area contributed by atoms with Crippen molar-refractivity contribution in [3.05, 3.63) is 59.2 Å². The predicted octanol–water partition coefficient (Wildman–Crippen LogP) is 3.38. The van der Waals surface area contributed by atoms with Gasteiger partial charge < -0.3 is 9.47 Å². The molecule has 0 aromatic heterocycles. The summed E-state index contributed by atoms with van der Waals surface area (Å²) < 4.78 is 10.9. The zero-order chi connectivity index (χ0) is 22.4. The lowest BCUT2D eigenvalue weighted by Gasteiger charge is -2.29. The normalized spacial score (nSPS) is 14.9. The summed E-state index contributed by atoms with van der Waals surface area (Å²) in [5.74, 6) is -0.262.